The predicted molar refractivity (Wildman–Crippen MR) is 89.2 cm³/mol. The Hall–Kier alpha value is -2.47. The number of hydrogen-bond donors (Lipinski definition) is 3. The summed E-state index contributed by atoms with van der Waals surface area (Å²) in [6, 6.07) is 13.6. The maximum atomic E-state index is 11.9. The number of anilines is 1. The lowest BCUT2D eigenvalue weighted by molar-refractivity contribution is 0.161. The van der Waals surface area contributed by atoms with Crippen molar-refractivity contribution in [1.82, 2.24) is 9.97 Å². The third kappa shape index (κ3) is 3.23. The van der Waals surface area contributed by atoms with E-state index in [1.807, 2.05) is 42.5 Å². The number of benzene rings is 2. The molecule has 1 amide bonds. The van der Waals surface area contributed by atoms with Gasteiger partial charge in [-0.3, -0.25) is 5.32 Å². The topological polar surface area (TPSA) is 67.0 Å². The Morgan fingerprint density at radius 1 is 1.27 bits per heavy atom. The first-order valence-corrected chi connectivity index (χ1v) is 7.34. The van der Waals surface area contributed by atoms with Crippen LogP contribution >= 0.6 is 12.6 Å². The molecule has 0 aliphatic heterocycles. The highest BCUT2D eigenvalue weighted by Crippen LogP contribution is 2.23. The van der Waals surface area contributed by atoms with Crippen LogP contribution in [0, 0.1) is 0 Å². The quantitative estimate of drug-likeness (QED) is 0.642. The average molecular weight is 313 g/mol. The van der Waals surface area contributed by atoms with Crippen LogP contribution in [-0.4, -0.2) is 22.7 Å². The largest absolute Gasteiger partial charge is 0.448 e. The van der Waals surface area contributed by atoms with Crippen molar-refractivity contribution in [2.75, 3.05) is 11.9 Å². The Bertz CT molecular complexity index is 769. The lowest BCUT2D eigenvalue weighted by Gasteiger charge is -2.11. The fraction of sp³-hybridized carbons (Fsp3) is 0.125. The fourth-order valence-corrected chi connectivity index (χ4v) is 2.39. The van der Waals surface area contributed by atoms with Crippen LogP contribution < -0.4 is 5.32 Å². The normalized spacial score (nSPS) is 12.0. The van der Waals surface area contributed by atoms with E-state index in [2.05, 4.69) is 27.9 Å². The van der Waals surface area contributed by atoms with Crippen LogP contribution in [0.4, 0.5) is 10.5 Å². The van der Waals surface area contributed by atoms with Crippen LogP contribution in [0.3, 0.4) is 0 Å². The Kier molecular flexibility index (Phi) is 4.29. The second-order valence-corrected chi connectivity index (χ2v) is 5.36. The van der Waals surface area contributed by atoms with Gasteiger partial charge in [-0.2, -0.15) is 12.6 Å². The fourth-order valence-electron chi connectivity index (χ4n) is 2.17. The van der Waals surface area contributed by atoms with Crippen molar-refractivity contribution in [2.24, 2.45) is 0 Å². The van der Waals surface area contributed by atoms with Gasteiger partial charge < -0.3 is 9.72 Å². The van der Waals surface area contributed by atoms with Crippen LogP contribution in [0.1, 0.15) is 11.1 Å². The number of thiol groups is 1. The molecule has 6 heteroatoms. The van der Waals surface area contributed by atoms with E-state index in [9.17, 15) is 4.79 Å². The number of imidazole rings is 1. The molecule has 3 aromatic rings. The van der Waals surface area contributed by atoms with Crippen LogP contribution in [0.2, 0.25) is 0 Å². The molecular formula is C16H15N3O2S. The first kappa shape index (κ1) is 14.5. The predicted octanol–water partition coefficient (Wildman–Crippen LogP) is 3.78. The standard InChI is InChI=1S/C16H15N3O2S/c20-16(21-10-14(22)15-17-8-9-18-15)19-13-7-3-5-11-4-1-2-6-12(11)13/h1-9,14,22H,10H2,(H,17,18)(H,19,20). The Morgan fingerprint density at radius 2 is 2.09 bits per heavy atom. The van der Waals surface area contributed by atoms with E-state index >= 15 is 0 Å². The van der Waals surface area contributed by atoms with Gasteiger partial charge in [0, 0.05) is 17.8 Å². The Balaban J connectivity index is 1.64. The first-order valence-electron chi connectivity index (χ1n) is 6.83. The molecule has 2 aromatic carbocycles. The molecule has 0 saturated carbocycles. The van der Waals surface area contributed by atoms with Gasteiger partial charge in [-0.1, -0.05) is 36.4 Å². The van der Waals surface area contributed by atoms with Crippen molar-refractivity contribution >= 4 is 35.2 Å². The molecule has 0 saturated heterocycles. The molecule has 112 valence electrons. The van der Waals surface area contributed by atoms with E-state index in [1.165, 1.54) is 0 Å². The number of fused-ring (bicyclic) bond motifs is 1. The summed E-state index contributed by atoms with van der Waals surface area (Å²) in [5.41, 5.74) is 0.719. The van der Waals surface area contributed by atoms with E-state index < -0.39 is 6.09 Å². The van der Waals surface area contributed by atoms with Gasteiger partial charge in [-0.15, -0.1) is 0 Å². The van der Waals surface area contributed by atoms with E-state index in [0.717, 1.165) is 16.5 Å². The minimum Gasteiger partial charge on any atom is -0.448 e. The maximum Gasteiger partial charge on any atom is 0.411 e. The van der Waals surface area contributed by atoms with Gasteiger partial charge in [-0.05, 0) is 11.5 Å². The number of amides is 1. The van der Waals surface area contributed by atoms with Crippen LogP contribution in [0.5, 0.6) is 0 Å². The molecule has 0 spiro atoms. The number of H-pyrrole nitrogens is 1. The summed E-state index contributed by atoms with van der Waals surface area (Å²) in [6.07, 6.45) is 2.82. The van der Waals surface area contributed by atoms with Crippen molar-refractivity contribution in [1.29, 1.82) is 0 Å². The Morgan fingerprint density at radius 3 is 2.91 bits per heavy atom. The summed E-state index contributed by atoms with van der Waals surface area (Å²) in [5, 5.41) is 4.50. The van der Waals surface area contributed by atoms with E-state index in [1.54, 1.807) is 12.4 Å². The zero-order valence-electron chi connectivity index (χ0n) is 11.7. The highest BCUT2D eigenvalue weighted by molar-refractivity contribution is 7.80. The summed E-state index contributed by atoms with van der Waals surface area (Å²) >= 11 is 4.35. The molecule has 3 rings (SSSR count). The number of nitrogens with zero attached hydrogens (tertiary/aromatic N) is 1. The van der Waals surface area contributed by atoms with E-state index in [4.69, 9.17) is 4.74 Å². The molecule has 0 radical (unpaired) electrons. The van der Waals surface area contributed by atoms with Crippen LogP contribution in [0.25, 0.3) is 10.8 Å². The molecule has 1 unspecified atom stereocenters. The third-order valence-electron chi connectivity index (χ3n) is 3.23. The summed E-state index contributed by atoms with van der Waals surface area (Å²) < 4.78 is 5.19. The summed E-state index contributed by atoms with van der Waals surface area (Å²) in [6.45, 7) is 0.132. The average Bonchev–Trinajstić information content (AvgIpc) is 3.07. The van der Waals surface area contributed by atoms with Gasteiger partial charge in [-0.25, -0.2) is 9.78 Å². The van der Waals surface area contributed by atoms with Gasteiger partial charge in [0.05, 0.1) is 10.9 Å². The highest BCUT2D eigenvalue weighted by Gasteiger charge is 2.12. The van der Waals surface area contributed by atoms with Crippen molar-refractivity contribution in [3.8, 4) is 0 Å². The monoisotopic (exact) mass is 313 g/mol. The van der Waals surface area contributed by atoms with Gasteiger partial charge in [0.2, 0.25) is 0 Å². The second-order valence-electron chi connectivity index (χ2n) is 4.74. The molecule has 0 bridgehead atoms. The van der Waals surface area contributed by atoms with Crippen molar-refractivity contribution in [3.63, 3.8) is 0 Å². The Labute approximate surface area is 133 Å². The number of rotatable bonds is 4. The molecule has 1 heterocycles. The maximum absolute atomic E-state index is 11.9. The van der Waals surface area contributed by atoms with Crippen LogP contribution in [0.15, 0.2) is 54.9 Å². The SMILES string of the molecule is O=C(Nc1cccc2ccccc12)OCC(S)c1ncc[nH]1. The minimum absolute atomic E-state index is 0.132. The molecule has 0 fully saturated rings. The van der Waals surface area contributed by atoms with Gasteiger partial charge >= 0.3 is 6.09 Å². The number of carbonyl (C=O) groups excluding carboxylic acids is 1. The van der Waals surface area contributed by atoms with Crippen molar-refractivity contribution in [2.45, 2.75) is 5.25 Å². The second kappa shape index (κ2) is 6.53. The summed E-state index contributed by atoms with van der Waals surface area (Å²) in [5.74, 6) is 0.668. The summed E-state index contributed by atoms with van der Waals surface area (Å²) in [7, 11) is 0. The molecule has 5 nitrogen and oxygen atoms in total. The van der Waals surface area contributed by atoms with E-state index in [0.29, 0.717) is 5.82 Å². The van der Waals surface area contributed by atoms with Gasteiger partial charge in [0.15, 0.2) is 0 Å². The van der Waals surface area contributed by atoms with E-state index in [-0.39, 0.29) is 11.9 Å². The smallest absolute Gasteiger partial charge is 0.411 e. The lowest BCUT2D eigenvalue weighted by Crippen LogP contribution is -2.17. The third-order valence-corrected chi connectivity index (χ3v) is 3.63. The summed E-state index contributed by atoms with van der Waals surface area (Å²) in [4.78, 5) is 18.9. The first-order chi connectivity index (χ1) is 10.7. The minimum atomic E-state index is -0.512. The number of aromatic amines is 1. The number of carbonyl (C=O) groups is 1. The lowest BCUT2D eigenvalue weighted by atomic mass is 10.1. The molecule has 1 atom stereocenters. The molecule has 1 aromatic heterocycles. The van der Waals surface area contributed by atoms with Gasteiger partial charge in [0.25, 0.3) is 0 Å². The molecule has 22 heavy (non-hydrogen) atoms. The van der Waals surface area contributed by atoms with Gasteiger partial charge in [0.1, 0.15) is 12.4 Å². The van der Waals surface area contributed by atoms with Crippen LogP contribution in [-0.2, 0) is 4.74 Å². The zero-order valence-corrected chi connectivity index (χ0v) is 12.6. The van der Waals surface area contributed by atoms with Crippen molar-refractivity contribution in [3.05, 3.63) is 60.7 Å². The number of hydrogen-bond acceptors (Lipinski definition) is 4. The molecule has 2 N–H and O–H groups in total. The molecule has 0 aliphatic carbocycles. The number of ether oxygens (including phenoxy) is 1. The molecular weight excluding hydrogens is 298 g/mol. The molecule has 0 aliphatic rings. The number of nitrogens with one attached hydrogen (secondary N) is 2. The number of aromatic nitrogens is 2. The zero-order chi connectivity index (χ0) is 15.4. The van der Waals surface area contributed by atoms with Crippen molar-refractivity contribution < 1.29 is 9.53 Å². The highest BCUT2D eigenvalue weighted by atomic mass is 32.1.